The van der Waals surface area contributed by atoms with Crippen molar-refractivity contribution in [2.24, 2.45) is 5.41 Å². The Morgan fingerprint density at radius 3 is 2.30 bits per heavy atom. The Labute approximate surface area is 124 Å². The van der Waals surface area contributed by atoms with Crippen LogP contribution in [-0.4, -0.2) is 49.3 Å². The average molecular weight is 280 g/mol. The van der Waals surface area contributed by atoms with Gasteiger partial charge in [-0.25, -0.2) is 0 Å². The fourth-order valence-corrected chi connectivity index (χ4v) is 4.23. The number of hydrogen-bond donors (Lipinski definition) is 1. The summed E-state index contributed by atoms with van der Waals surface area (Å²) in [6.45, 7) is 9.21. The Morgan fingerprint density at radius 2 is 1.70 bits per heavy atom. The molecule has 20 heavy (non-hydrogen) atoms. The van der Waals surface area contributed by atoms with Crippen LogP contribution in [0.4, 0.5) is 0 Å². The van der Waals surface area contributed by atoms with Crippen molar-refractivity contribution >= 4 is 0 Å². The van der Waals surface area contributed by atoms with E-state index in [1.54, 1.807) is 0 Å². The molecule has 0 amide bonds. The number of nitrogens with one attached hydrogen (secondary N) is 1. The lowest BCUT2D eigenvalue weighted by Gasteiger charge is -2.44. The van der Waals surface area contributed by atoms with Gasteiger partial charge in [0, 0.05) is 32.2 Å². The van der Waals surface area contributed by atoms with Gasteiger partial charge >= 0.3 is 0 Å². The van der Waals surface area contributed by atoms with Crippen molar-refractivity contribution in [3.63, 3.8) is 0 Å². The van der Waals surface area contributed by atoms with E-state index in [1.165, 1.54) is 58.0 Å². The Hall–Kier alpha value is -0.120. The van der Waals surface area contributed by atoms with Crippen molar-refractivity contribution < 1.29 is 4.74 Å². The molecular weight excluding hydrogens is 248 g/mol. The van der Waals surface area contributed by atoms with E-state index in [9.17, 15) is 0 Å². The first-order chi connectivity index (χ1) is 9.65. The quantitative estimate of drug-likeness (QED) is 0.838. The zero-order chi connectivity index (χ0) is 14.0. The van der Waals surface area contributed by atoms with Gasteiger partial charge in [0.25, 0.3) is 0 Å². The first kappa shape index (κ1) is 14.8. The fraction of sp³-hybridized carbons (Fsp3) is 1.00. The summed E-state index contributed by atoms with van der Waals surface area (Å²) in [6.07, 6.45) is 10.8. The van der Waals surface area contributed by atoms with Gasteiger partial charge in [0.2, 0.25) is 0 Å². The lowest BCUT2D eigenvalue weighted by molar-refractivity contribution is -0.0803. The molecule has 0 radical (unpaired) electrons. The lowest BCUT2D eigenvalue weighted by atomic mass is 9.73. The molecule has 0 bridgehead atoms. The van der Waals surface area contributed by atoms with E-state index in [-0.39, 0.29) is 0 Å². The van der Waals surface area contributed by atoms with E-state index in [0.29, 0.717) is 17.6 Å². The summed E-state index contributed by atoms with van der Waals surface area (Å²) in [5, 5.41) is 3.82. The van der Waals surface area contributed by atoms with Gasteiger partial charge in [0.15, 0.2) is 0 Å². The van der Waals surface area contributed by atoms with Gasteiger partial charge in [0.05, 0.1) is 12.2 Å². The molecule has 0 aromatic rings. The second-order valence-electron chi connectivity index (χ2n) is 7.67. The zero-order valence-corrected chi connectivity index (χ0v) is 13.4. The molecule has 3 rings (SSSR count). The molecule has 1 aliphatic heterocycles. The number of ether oxygens (including phenoxy) is 1. The Balaban J connectivity index is 1.59. The molecule has 1 heterocycles. The van der Waals surface area contributed by atoms with Crippen LogP contribution in [0.5, 0.6) is 0 Å². The van der Waals surface area contributed by atoms with E-state index < -0.39 is 0 Å². The summed E-state index contributed by atoms with van der Waals surface area (Å²) in [4.78, 5) is 2.68. The Morgan fingerprint density at radius 1 is 1.05 bits per heavy atom. The minimum absolute atomic E-state index is 0.399. The number of hydrogen-bond acceptors (Lipinski definition) is 3. The highest BCUT2D eigenvalue weighted by Gasteiger charge is 2.37. The van der Waals surface area contributed by atoms with Crippen LogP contribution in [0.3, 0.4) is 0 Å². The van der Waals surface area contributed by atoms with Crippen LogP contribution in [-0.2, 0) is 4.74 Å². The van der Waals surface area contributed by atoms with E-state index in [2.05, 4.69) is 24.1 Å². The molecule has 1 N–H and O–H groups in total. The van der Waals surface area contributed by atoms with Crippen molar-refractivity contribution in [2.75, 3.05) is 26.2 Å². The smallest absolute Gasteiger partial charge is 0.0678 e. The van der Waals surface area contributed by atoms with Gasteiger partial charge in [-0.15, -0.1) is 0 Å². The molecule has 3 nitrogen and oxygen atoms in total. The summed E-state index contributed by atoms with van der Waals surface area (Å²) in [7, 11) is 0. The van der Waals surface area contributed by atoms with Crippen LogP contribution in [0, 0.1) is 5.41 Å². The van der Waals surface area contributed by atoms with Gasteiger partial charge in [-0.05, 0) is 44.9 Å². The molecule has 2 aliphatic carbocycles. The van der Waals surface area contributed by atoms with Crippen molar-refractivity contribution in [1.29, 1.82) is 0 Å². The summed E-state index contributed by atoms with van der Waals surface area (Å²) in [5.74, 6) is 0. The first-order valence-corrected chi connectivity index (χ1v) is 8.76. The largest absolute Gasteiger partial charge is 0.373 e. The van der Waals surface area contributed by atoms with Crippen LogP contribution in [0.15, 0.2) is 0 Å². The van der Waals surface area contributed by atoms with Gasteiger partial charge in [-0.1, -0.05) is 19.3 Å². The predicted octanol–water partition coefficient (Wildman–Crippen LogP) is 2.80. The van der Waals surface area contributed by atoms with Gasteiger partial charge < -0.3 is 10.1 Å². The van der Waals surface area contributed by atoms with Crippen molar-refractivity contribution in [3.8, 4) is 0 Å². The minimum Gasteiger partial charge on any atom is -0.373 e. The van der Waals surface area contributed by atoms with Gasteiger partial charge in [0.1, 0.15) is 0 Å². The molecule has 2 saturated carbocycles. The van der Waals surface area contributed by atoms with Crippen molar-refractivity contribution in [1.82, 2.24) is 10.2 Å². The molecule has 2 atom stereocenters. The van der Waals surface area contributed by atoms with Crippen LogP contribution < -0.4 is 5.32 Å². The minimum atomic E-state index is 0.399. The van der Waals surface area contributed by atoms with E-state index in [0.717, 1.165) is 19.1 Å². The third-order valence-corrected chi connectivity index (χ3v) is 5.31. The van der Waals surface area contributed by atoms with Crippen LogP contribution in [0.1, 0.15) is 58.8 Å². The topological polar surface area (TPSA) is 24.5 Å². The summed E-state index contributed by atoms with van der Waals surface area (Å²) in [5.41, 5.74) is 0.539. The molecule has 0 spiro atoms. The zero-order valence-electron chi connectivity index (χ0n) is 13.4. The van der Waals surface area contributed by atoms with Crippen molar-refractivity contribution in [2.45, 2.75) is 77.0 Å². The summed E-state index contributed by atoms with van der Waals surface area (Å²) < 4.78 is 5.89. The number of morpholine rings is 1. The predicted molar refractivity (Wildman–Crippen MR) is 83.0 cm³/mol. The van der Waals surface area contributed by atoms with E-state index in [1.807, 2.05) is 0 Å². The molecule has 3 fully saturated rings. The molecule has 0 aromatic carbocycles. The van der Waals surface area contributed by atoms with Gasteiger partial charge in [-0.3, -0.25) is 4.90 Å². The second kappa shape index (κ2) is 6.33. The standard InChI is InChI=1S/C17H32N2O/c1-14-10-19(11-15(2)20-14)13-17(8-4-3-5-9-17)12-18-16-6-7-16/h14-16,18H,3-13H2,1-2H3/t14-,15+. The van der Waals surface area contributed by atoms with Crippen molar-refractivity contribution in [3.05, 3.63) is 0 Å². The molecule has 116 valence electrons. The first-order valence-electron chi connectivity index (χ1n) is 8.76. The lowest BCUT2D eigenvalue weighted by Crippen LogP contribution is -2.52. The Bertz CT molecular complexity index is 300. The van der Waals surface area contributed by atoms with Crippen LogP contribution >= 0.6 is 0 Å². The Kier molecular flexibility index (Phi) is 4.68. The van der Waals surface area contributed by atoms with Crippen LogP contribution in [0.25, 0.3) is 0 Å². The highest BCUT2D eigenvalue weighted by Crippen LogP contribution is 2.38. The summed E-state index contributed by atoms with van der Waals surface area (Å²) in [6, 6.07) is 0.844. The summed E-state index contributed by atoms with van der Waals surface area (Å²) >= 11 is 0. The van der Waals surface area contributed by atoms with Crippen LogP contribution in [0.2, 0.25) is 0 Å². The molecule has 0 aromatic heterocycles. The second-order valence-corrected chi connectivity index (χ2v) is 7.67. The van der Waals surface area contributed by atoms with Gasteiger partial charge in [-0.2, -0.15) is 0 Å². The molecule has 1 saturated heterocycles. The molecule has 3 aliphatic rings. The van der Waals surface area contributed by atoms with E-state index >= 15 is 0 Å². The third kappa shape index (κ3) is 3.96. The number of rotatable bonds is 5. The number of nitrogens with zero attached hydrogens (tertiary/aromatic N) is 1. The SMILES string of the molecule is C[C@@H]1CN(CC2(CNC3CC3)CCCCC2)C[C@H](C)O1. The maximum Gasteiger partial charge on any atom is 0.0678 e. The maximum absolute atomic E-state index is 5.89. The normalized spacial score (nSPS) is 35.1. The fourth-order valence-electron chi connectivity index (χ4n) is 4.23. The monoisotopic (exact) mass is 280 g/mol. The highest BCUT2D eigenvalue weighted by atomic mass is 16.5. The average Bonchev–Trinajstić information content (AvgIpc) is 3.20. The molecular formula is C17H32N2O. The third-order valence-electron chi connectivity index (χ3n) is 5.31. The molecule has 3 heteroatoms. The molecule has 0 unspecified atom stereocenters. The van der Waals surface area contributed by atoms with E-state index in [4.69, 9.17) is 4.74 Å². The maximum atomic E-state index is 5.89. The highest BCUT2D eigenvalue weighted by molar-refractivity contribution is 4.92.